The lowest BCUT2D eigenvalue weighted by Gasteiger charge is -2.37. The maximum Gasteiger partial charge on any atom is 0.407 e. The Hall–Kier alpha value is -3.98. The number of methoxy groups -OCH3 is 1. The van der Waals surface area contributed by atoms with E-state index in [1.165, 1.54) is 0 Å². The van der Waals surface area contributed by atoms with Crippen LogP contribution >= 0.6 is 11.6 Å². The largest absolute Gasteiger partial charge is 0.493 e. The summed E-state index contributed by atoms with van der Waals surface area (Å²) in [6.07, 6.45) is 5.56. The fraction of sp³-hybridized carbons (Fsp3) is 0.486. The number of hydrogen-bond donors (Lipinski definition) is 1. The molecule has 1 atom stereocenters. The molecule has 1 aliphatic carbocycles. The van der Waals surface area contributed by atoms with Crippen LogP contribution in [0.5, 0.6) is 11.5 Å². The van der Waals surface area contributed by atoms with Crippen LogP contribution in [-0.2, 0) is 16.0 Å². The van der Waals surface area contributed by atoms with Crippen LogP contribution in [0.4, 0.5) is 16.3 Å². The summed E-state index contributed by atoms with van der Waals surface area (Å²) in [6.45, 7) is 10.4. The third-order valence-electron chi connectivity index (χ3n) is 8.66. The van der Waals surface area contributed by atoms with Gasteiger partial charge in [-0.15, -0.1) is 0 Å². The zero-order chi connectivity index (χ0) is 33.9. The highest BCUT2D eigenvalue weighted by Crippen LogP contribution is 2.43. The lowest BCUT2D eigenvalue weighted by molar-refractivity contribution is -0.118. The number of rotatable bonds is 9. The van der Waals surface area contributed by atoms with E-state index in [4.69, 9.17) is 30.8 Å². The van der Waals surface area contributed by atoms with Gasteiger partial charge in [-0.25, -0.2) is 9.78 Å². The minimum absolute atomic E-state index is 0.0487. The van der Waals surface area contributed by atoms with Gasteiger partial charge in [0.15, 0.2) is 11.5 Å². The Morgan fingerprint density at radius 3 is 2.36 bits per heavy atom. The van der Waals surface area contributed by atoms with Crippen LogP contribution in [0.25, 0.3) is 0 Å². The smallest absolute Gasteiger partial charge is 0.407 e. The number of halogens is 1. The van der Waals surface area contributed by atoms with Crippen molar-refractivity contribution in [3.63, 3.8) is 0 Å². The zero-order valence-corrected chi connectivity index (χ0v) is 29.3. The second-order valence-corrected chi connectivity index (χ2v) is 14.3. The van der Waals surface area contributed by atoms with E-state index in [2.05, 4.69) is 17.3 Å². The van der Waals surface area contributed by atoms with Crippen LogP contribution in [0.15, 0.2) is 54.7 Å². The van der Waals surface area contributed by atoms with E-state index >= 15 is 0 Å². The molecule has 3 aromatic rings. The Labute approximate surface area is 283 Å². The maximum absolute atomic E-state index is 13.9. The van der Waals surface area contributed by atoms with Crippen LogP contribution in [0.3, 0.4) is 0 Å². The molecule has 0 saturated heterocycles. The molecule has 1 N–H and O–H groups in total. The van der Waals surface area contributed by atoms with Gasteiger partial charge in [0, 0.05) is 24.7 Å². The second-order valence-electron chi connectivity index (χ2n) is 13.9. The number of carbonyl (C=O) groups excluding carboxylic acids is 2. The van der Waals surface area contributed by atoms with E-state index in [9.17, 15) is 9.59 Å². The maximum atomic E-state index is 13.9. The Morgan fingerprint density at radius 2 is 1.77 bits per heavy atom. The summed E-state index contributed by atoms with van der Waals surface area (Å²) in [6, 6.07) is 15.2. The number of anilines is 2. The first-order valence-corrected chi connectivity index (χ1v) is 16.8. The number of carbonyl (C=O) groups is 2. The van der Waals surface area contributed by atoms with Crippen LogP contribution < -0.4 is 24.6 Å². The van der Waals surface area contributed by atoms with E-state index in [1.807, 2.05) is 89.3 Å². The van der Waals surface area contributed by atoms with Gasteiger partial charge < -0.3 is 24.4 Å². The second kappa shape index (κ2) is 14.4. The Balaban J connectivity index is 1.33. The highest BCUT2D eigenvalue weighted by atomic mass is 35.5. The summed E-state index contributed by atoms with van der Waals surface area (Å²) in [5.41, 5.74) is 3.25. The van der Waals surface area contributed by atoms with Gasteiger partial charge in [-0.3, -0.25) is 9.69 Å². The molecule has 1 saturated carbocycles. The zero-order valence-electron chi connectivity index (χ0n) is 28.5. The van der Waals surface area contributed by atoms with Gasteiger partial charge in [-0.1, -0.05) is 23.7 Å². The van der Waals surface area contributed by atoms with Gasteiger partial charge in [-0.05, 0) is 119 Å². The van der Waals surface area contributed by atoms with Crippen LogP contribution in [0.2, 0.25) is 5.02 Å². The highest BCUT2D eigenvalue weighted by Gasteiger charge is 2.37. The SMILES string of the molecule is COc1cc2c(cc1OC(C)C)[C@H](c1ccc(Cl)cc1)N(c1ccc(N(C)CC3CCC(NC(=O)OC(C)(C)C)CC3)cn1)C(=O)C2. The first-order chi connectivity index (χ1) is 22.3. The molecule has 2 heterocycles. The number of benzene rings is 2. The summed E-state index contributed by atoms with van der Waals surface area (Å²) in [7, 11) is 3.68. The van der Waals surface area contributed by atoms with Gasteiger partial charge in [0.25, 0.3) is 0 Å². The fourth-order valence-electron chi connectivity index (χ4n) is 6.50. The van der Waals surface area contributed by atoms with Gasteiger partial charge in [-0.2, -0.15) is 0 Å². The standard InChI is InChI=1S/C37H47ClN4O5/c1-23(2)46-32-20-30-26(18-31(32)45-7)19-34(43)42(35(30)25-10-12-27(38)13-11-25)33-17-16-29(21-39-33)41(6)22-24-8-14-28(15-9-24)40-36(44)47-37(3,4)5/h10-13,16-18,20-21,23-24,28,35H,8-9,14-15,19,22H2,1-7H3,(H,40,44)/t24?,28?,35-/m0/s1. The van der Waals surface area contributed by atoms with Crippen LogP contribution in [0, 0.1) is 5.92 Å². The first-order valence-electron chi connectivity index (χ1n) is 16.4. The summed E-state index contributed by atoms with van der Waals surface area (Å²) in [4.78, 5) is 34.9. The summed E-state index contributed by atoms with van der Waals surface area (Å²) in [5, 5.41) is 3.65. The van der Waals surface area contributed by atoms with Crippen molar-refractivity contribution in [3.05, 3.63) is 76.4 Å². The fourth-order valence-corrected chi connectivity index (χ4v) is 6.62. The number of alkyl carbamates (subject to hydrolysis) is 1. The molecule has 0 unspecified atom stereocenters. The molecule has 0 spiro atoms. The average molecular weight is 663 g/mol. The quantitative estimate of drug-likeness (QED) is 0.251. The van der Waals surface area contributed by atoms with E-state index in [0.29, 0.717) is 28.3 Å². The molecule has 1 aliphatic heterocycles. The Morgan fingerprint density at radius 1 is 1.06 bits per heavy atom. The number of aromatic nitrogens is 1. The van der Waals surface area contributed by atoms with Gasteiger partial charge in [0.1, 0.15) is 11.4 Å². The van der Waals surface area contributed by atoms with E-state index in [0.717, 1.165) is 54.6 Å². The number of nitrogens with zero attached hydrogens (tertiary/aromatic N) is 3. The van der Waals surface area contributed by atoms with Crippen molar-refractivity contribution >= 4 is 35.1 Å². The lowest BCUT2D eigenvalue weighted by atomic mass is 9.85. The average Bonchev–Trinajstić information content (AvgIpc) is 3.00. The van der Waals surface area contributed by atoms with Gasteiger partial charge in [0.05, 0.1) is 37.6 Å². The predicted molar refractivity (Wildman–Crippen MR) is 186 cm³/mol. The third-order valence-corrected chi connectivity index (χ3v) is 8.91. The topological polar surface area (TPSA) is 93.2 Å². The molecule has 252 valence electrons. The van der Waals surface area contributed by atoms with Crippen molar-refractivity contribution in [2.75, 3.05) is 30.5 Å². The molecule has 0 bridgehead atoms. The molecule has 2 amide bonds. The summed E-state index contributed by atoms with van der Waals surface area (Å²) in [5.74, 6) is 2.27. The molecular weight excluding hydrogens is 616 g/mol. The Kier molecular flexibility index (Phi) is 10.5. The Bertz CT molecular complexity index is 1550. The van der Waals surface area contributed by atoms with Crippen molar-refractivity contribution in [2.24, 2.45) is 5.92 Å². The molecule has 10 heteroatoms. The molecule has 2 aromatic carbocycles. The van der Waals surface area contributed by atoms with Crippen LogP contribution in [-0.4, -0.2) is 55.4 Å². The molecular formula is C37H47ClN4O5. The van der Waals surface area contributed by atoms with Crippen molar-refractivity contribution < 1.29 is 23.8 Å². The van der Waals surface area contributed by atoms with Gasteiger partial charge in [0.2, 0.25) is 5.91 Å². The third kappa shape index (κ3) is 8.49. The number of ether oxygens (including phenoxy) is 3. The minimum atomic E-state index is -0.504. The van der Waals surface area contributed by atoms with E-state index < -0.39 is 11.6 Å². The molecule has 9 nitrogen and oxygen atoms in total. The molecule has 0 radical (unpaired) electrons. The summed E-state index contributed by atoms with van der Waals surface area (Å²) >= 11 is 6.26. The number of hydrogen-bond acceptors (Lipinski definition) is 7. The molecule has 2 aliphatic rings. The first kappa shape index (κ1) is 34.4. The van der Waals surface area contributed by atoms with Crippen molar-refractivity contribution in [1.82, 2.24) is 10.3 Å². The van der Waals surface area contributed by atoms with Crippen molar-refractivity contribution in [1.29, 1.82) is 0 Å². The lowest BCUT2D eigenvalue weighted by Crippen LogP contribution is -2.42. The monoisotopic (exact) mass is 662 g/mol. The minimum Gasteiger partial charge on any atom is -0.493 e. The predicted octanol–water partition coefficient (Wildman–Crippen LogP) is 7.73. The molecule has 47 heavy (non-hydrogen) atoms. The molecule has 5 rings (SSSR count). The van der Waals surface area contributed by atoms with E-state index in [-0.39, 0.29) is 30.6 Å². The van der Waals surface area contributed by atoms with Crippen molar-refractivity contribution in [3.8, 4) is 11.5 Å². The number of amides is 2. The normalized spacial score (nSPS) is 19.6. The van der Waals surface area contributed by atoms with E-state index in [1.54, 1.807) is 12.0 Å². The summed E-state index contributed by atoms with van der Waals surface area (Å²) < 4.78 is 17.2. The number of pyridine rings is 1. The molecule has 1 aromatic heterocycles. The number of fused-ring (bicyclic) bond motifs is 1. The van der Waals surface area contributed by atoms with Crippen LogP contribution in [0.1, 0.15) is 83.0 Å². The van der Waals surface area contributed by atoms with Gasteiger partial charge >= 0.3 is 6.09 Å². The molecule has 1 fully saturated rings. The highest BCUT2D eigenvalue weighted by molar-refractivity contribution is 6.30. The number of nitrogens with one attached hydrogen (secondary N) is 1. The van der Waals surface area contributed by atoms with Crippen molar-refractivity contribution in [2.45, 2.75) is 90.5 Å².